The Balaban J connectivity index is 2.18. The maximum atomic E-state index is 5.62. The molecule has 0 aliphatic carbocycles. The van der Waals surface area contributed by atoms with Gasteiger partial charge in [-0.3, -0.25) is 4.90 Å². The van der Waals surface area contributed by atoms with E-state index in [0.717, 1.165) is 19.6 Å². The van der Waals surface area contributed by atoms with E-state index in [0.29, 0.717) is 6.54 Å². The van der Waals surface area contributed by atoms with Crippen LogP contribution in [-0.4, -0.2) is 29.5 Å². The van der Waals surface area contributed by atoms with Crippen molar-refractivity contribution in [3.05, 3.63) is 48.7 Å². The van der Waals surface area contributed by atoms with Crippen molar-refractivity contribution in [3.8, 4) is 0 Å². The zero-order chi connectivity index (χ0) is 12.1. The minimum atomic E-state index is 0.677. The van der Waals surface area contributed by atoms with E-state index in [1.807, 2.05) is 12.1 Å². The zero-order valence-electron chi connectivity index (χ0n) is 10.0. The Morgan fingerprint density at radius 1 is 1.35 bits per heavy atom. The number of nitrogens with one attached hydrogen (secondary N) is 1. The van der Waals surface area contributed by atoms with E-state index in [1.165, 1.54) is 16.5 Å². The molecule has 0 amide bonds. The first kappa shape index (κ1) is 11.9. The van der Waals surface area contributed by atoms with E-state index in [-0.39, 0.29) is 0 Å². The van der Waals surface area contributed by atoms with Crippen molar-refractivity contribution in [3.63, 3.8) is 0 Å². The van der Waals surface area contributed by atoms with Gasteiger partial charge in [0, 0.05) is 43.3 Å². The molecule has 17 heavy (non-hydrogen) atoms. The topological polar surface area (TPSA) is 45.0 Å². The summed E-state index contributed by atoms with van der Waals surface area (Å²) in [5.41, 5.74) is 8.12. The minimum absolute atomic E-state index is 0.677. The van der Waals surface area contributed by atoms with E-state index >= 15 is 0 Å². The summed E-state index contributed by atoms with van der Waals surface area (Å²) in [6.45, 7) is 7.14. The van der Waals surface area contributed by atoms with Gasteiger partial charge >= 0.3 is 0 Å². The van der Waals surface area contributed by atoms with Crippen molar-refractivity contribution in [1.29, 1.82) is 0 Å². The highest BCUT2D eigenvalue weighted by Crippen LogP contribution is 2.19. The Bertz CT molecular complexity index is 487. The number of nitrogens with zero attached hydrogens (tertiary/aromatic N) is 1. The third-order valence-corrected chi connectivity index (χ3v) is 2.90. The largest absolute Gasteiger partial charge is 0.361 e. The Hall–Kier alpha value is -1.58. The number of aromatic amines is 1. The van der Waals surface area contributed by atoms with Crippen molar-refractivity contribution in [1.82, 2.24) is 9.88 Å². The summed E-state index contributed by atoms with van der Waals surface area (Å²) in [7, 11) is 0. The maximum absolute atomic E-state index is 5.62. The Morgan fingerprint density at radius 3 is 2.94 bits per heavy atom. The van der Waals surface area contributed by atoms with Gasteiger partial charge in [0.15, 0.2) is 0 Å². The van der Waals surface area contributed by atoms with Crippen LogP contribution in [0.3, 0.4) is 0 Å². The van der Waals surface area contributed by atoms with Crippen LogP contribution in [0.2, 0.25) is 0 Å². The lowest BCUT2D eigenvalue weighted by molar-refractivity contribution is 0.304. The van der Waals surface area contributed by atoms with Crippen molar-refractivity contribution < 1.29 is 0 Å². The number of aromatic nitrogens is 1. The molecule has 1 aromatic carbocycles. The average molecular weight is 229 g/mol. The average Bonchev–Trinajstić information content (AvgIpc) is 2.74. The third-order valence-electron chi connectivity index (χ3n) is 2.90. The highest BCUT2D eigenvalue weighted by Gasteiger charge is 2.07. The summed E-state index contributed by atoms with van der Waals surface area (Å²) in [4.78, 5) is 5.59. The molecule has 0 saturated carbocycles. The van der Waals surface area contributed by atoms with Gasteiger partial charge in [-0.1, -0.05) is 24.3 Å². The smallest absolute Gasteiger partial charge is 0.0457 e. The molecule has 1 heterocycles. The predicted molar refractivity (Wildman–Crippen MR) is 72.8 cm³/mol. The summed E-state index contributed by atoms with van der Waals surface area (Å²) < 4.78 is 0. The molecule has 0 unspecified atom stereocenters. The van der Waals surface area contributed by atoms with Crippen LogP contribution < -0.4 is 5.73 Å². The first-order chi connectivity index (χ1) is 8.35. The third kappa shape index (κ3) is 2.75. The number of H-pyrrole nitrogens is 1. The molecule has 2 aromatic rings. The van der Waals surface area contributed by atoms with Crippen LogP contribution in [0.5, 0.6) is 0 Å². The van der Waals surface area contributed by atoms with Crippen molar-refractivity contribution in [2.45, 2.75) is 6.54 Å². The van der Waals surface area contributed by atoms with Crippen LogP contribution in [-0.2, 0) is 6.54 Å². The lowest BCUT2D eigenvalue weighted by Gasteiger charge is -2.19. The number of rotatable bonds is 6. The molecule has 3 N–H and O–H groups in total. The molecule has 0 aliphatic heterocycles. The minimum Gasteiger partial charge on any atom is -0.361 e. The van der Waals surface area contributed by atoms with Crippen molar-refractivity contribution in [2.75, 3.05) is 19.6 Å². The van der Waals surface area contributed by atoms with Crippen LogP contribution in [0.25, 0.3) is 10.9 Å². The fourth-order valence-electron chi connectivity index (χ4n) is 2.10. The van der Waals surface area contributed by atoms with Gasteiger partial charge in [0.1, 0.15) is 0 Å². The van der Waals surface area contributed by atoms with Gasteiger partial charge < -0.3 is 10.7 Å². The molecule has 0 fully saturated rings. The maximum Gasteiger partial charge on any atom is 0.0457 e. The molecule has 0 bridgehead atoms. The number of nitrogens with two attached hydrogens (primary N) is 1. The predicted octanol–water partition coefficient (Wildman–Crippen LogP) is 2.11. The second kappa shape index (κ2) is 5.66. The molecule has 1 aromatic heterocycles. The summed E-state index contributed by atoms with van der Waals surface area (Å²) in [5.74, 6) is 0. The monoisotopic (exact) mass is 229 g/mol. The number of benzene rings is 1. The molecule has 90 valence electrons. The highest BCUT2D eigenvalue weighted by atomic mass is 15.1. The number of fused-ring (bicyclic) bond motifs is 1. The highest BCUT2D eigenvalue weighted by molar-refractivity contribution is 5.82. The van der Waals surface area contributed by atoms with Gasteiger partial charge in [0.25, 0.3) is 0 Å². The molecule has 2 rings (SSSR count). The van der Waals surface area contributed by atoms with Gasteiger partial charge in [-0.25, -0.2) is 0 Å². The summed E-state index contributed by atoms with van der Waals surface area (Å²) in [6.07, 6.45) is 4.00. The van der Waals surface area contributed by atoms with E-state index < -0.39 is 0 Å². The van der Waals surface area contributed by atoms with Crippen LogP contribution in [0.1, 0.15) is 5.56 Å². The van der Waals surface area contributed by atoms with Crippen LogP contribution in [0.4, 0.5) is 0 Å². The van der Waals surface area contributed by atoms with E-state index in [2.05, 4.69) is 40.9 Å². The lowest BCUT2D eigenvalue weighted by atomic mass is 10.1. The van der Waals surface area contributed by atoms with Gasteiger partial charge in [0.05, 0.1) is 0 Å². The van der Waals surface area contributed by atoms with Crippen LogP contribution >= 0.6 is 0 Å². The molecule has 0 spiro atoms. The Kier molecular flexibility index (Phi) is 3.96. The molecule has 0 radical (unpaired) electrons. The van der Waals surface area contributed by atoms with Crippen molar-refractivity contribution in [2.24, 2.45) is 5.73 Å². The van der Waals surface area contributed by atoms with E-state index in [4.69, 9.17) is 5.73 Å². The van der Waals surface area contributed by atoms with Gasteiger partial charge in [-0.15, -0.1) is 6.58 Å². The first-order valence-electron chi connectivity index (χ1n) is 5.93. The zero-order valence-corrected chi connectivity index (χ0v) is 10.0. The summed E-state index contributed by atoms with van der Waals surface area (Å²) in [6, 6.07) is 8.36. The standard InChI is InChI=1S/C14H19N3/c1-2-8-17(9-7-15)11-12-10-16-14-6-4-3-5-13(12)14/h2-6,10,16H,1,7-9,11,15H2. The first-order valence-corrected chi connectivity index (χ1v) is 5.93. The summed E-state index contributed by atoms with van der Waals surface area (Å²) >= 11 is 0. The fraction of sp³-hybridized carbons (Fsp3) is 0.286. The number of hydrogen-bond acceptors (Lipinski definition) is 2. The van der Waals surface area contributed by atoms with Crippen LogP contribution in [0, 0.1) is 0 Å². The molecular weight excluding hydrogens is 210 g/mol. The normalized spacial score (nSPS) is 11.2. The molecule has 3 heteroatoms. The molecule has 3 nitrogen and oxygen atoms in total. The van der Waals surface area contributed by atoms with Crippen LogP contribution in [0.15, 0.2) is 43.1 Å². The second-order valence-electron chi connectivity index (χ2n) is 4.17. The van der Waals surface area contributed by atoms with Gasteiger partial charge in [-0.05, 0) is 11.6 Å². The second-order valence-corrected chi connectivity index (χ2v) is 4.17. The molecular formula is C14H19N3. The SMILES string of the molecule is C=CCN(CCN)Cc1c[nH]c2ccccc12. The quantitative estimate of drug-likeness (QED) is 0.745. The van der Waals surface area contributed by atoms with Gasteiger partial charge in [-0.2, -0.15) is 0 Å². The fourth-order valence-corrected chi connectivity index (χ4v) is 2.10. The molecule has 0 saturated heterocycles. The Labute approximate surface area is 102 Å². The van der Waals surface area contributed by atoms with E-state index in [9.17, 15) is 0 Å². The molecule has 0 atom stereocenters. The van der Waals surface area contributed by atoms with Crippen molar-refractivity contribution >= 4 is 10.9 Å². The number of hydrogen-bond donors (Lipinski definition) is 2. The summed E-state index contributed by atoms with van der Waals surface area (Å²) in [5, 5.41) is 1.29. The van der Waals surface area contributed by atoms with E-state index in [1.54, 1.807) is 0 Å². The number of para-hydroxylation sites is 1. The van der Waals surface area contributed by atoms with Gasteiger partial charge in [0.2, 0.25) is 0 Å². The lowest BCUT2D eigenvalue weighted by Crippen LogP contribution is -2.29. The Morgan fingerprint density at radius 2 is 2.18 bits per heavy atom. The molecule has 0 aliphatic rings.